The Labute approximate surface area is 158 Å². The van der Waals surface area contributed by atoms with Crippen LogP contribution in [0.4, 0.5) is 5.69 Å². The molecule has 25 heavy (non-hydrogen) atoms. The van der Waals surface area contributed by atoms with Gasteiger partial charge in [-0.2, -0.15) is 0 Å². The molecule has 0 spiro atoms. The van der Waals surface area contributed by atoms with E-state index in [2.05, 4.69) is 21.2 Å². The number of amides is 1. The van der Waals surface area contributed by atoms with Crippen molar-refractivity contribution in [3.8, 4) is 5.75 Å². The number of halogens is 2. The molecule has 0 unspecified atom stereocenters. The minimum atomic E-state index is -0.333. The van der Waals surface area contributed by atoms with Gasteiger partial charge in [0, 0.05) is 15.2 Å². The molecule has 0 fully saturated rings. The topological polar surface area (TPSA) is 51.5 Å². The lowest BCUT2D eigenvalue weighted by Gasteiger charge is -2.08. The highest BCUT2D eigenvalue weighted by molar-refractivity contribution is 9.10. The highest BCUT2D eigenvalue weighted by Gasteiger charge is 2.13. The first-order valence-corrected chi connectivity index (χ1v) is 8.73. The maximum Gasteiger partial charge on any atom is 0.291 e. The van der Waals surface area contributed by atoms with Crippen molar-refractivity contribution in [2.75, 3.05) is 5.32 Å². The third-order valence-electron chi connectivity index (χ3n) is 3.60. The smallest absolute Gasteiger partial charge is 0.291 e. The summed E-state index contributed by atoms with van der Waals surface area (Å²) < 4.78 is 12.2. The van der Waals surface area contributed by atoms with Crippen molar-refractivity contribution in [1.82, 2.24) is 0 Å². The Morgan fingerprint density at radius 1 is 1.16 bits per heavy atom. The average molecular weight is 421 g/mol. The maximum atomic E-state index is 12.3. The fraction of sp³-hybridized carbons (Fsp3) is 0.105. The molecule has 0 radical (unpaired) electrons. The lowest BCUT2D eigenvalue weighted by atomic mass is 10.2. The molecule has 3 rings (SSSR count). The summed E-state index contributed by atoms with van der Waals surface area (Å²) in [5.41, 5.74) is 1.46. The molecular weight excluding hydrogens is 406 g/mol. The molecule has 3 aromatic rings. The van der Waals surface area contributed by atoms with E-state index in [1.54, 1.807) is 30.3 Å². The molecule has 0 atom stereocenters. The van der Waals surface area contributed by atoms with Crippen LogP contribution < -0.4 is 10.1 Å². The minimum absolute atomic E-state index is 0.216. The van der Waals surface area contributed by atoms with E-state index < -0.39 is 0 Å². The second kappa shape index (κ2) is 7.76. The number of ether oxygens (including phenoxy) is 1. The van der Waals surface area contributed by atoms with Gasteiger partial charge in [0.2, 0.25) is 0 Å². The molecule has 128 valence electrons. The number of carbonyl (C=O) groups is 1. The molecular formula is C19H15BrClNO3. The molecule has 4 nitrogen and oxygen atoms in total. The van der Waals surface area contributed by atoms with Crippen LogP contribution in [0.2, 0.25) is 5.02 Å². The molecule has 6 heteroatoms. The first-order chi connectivity index (χ1) is 12.0. The Kier molecular flexibility index (Phi) is 5.46. The zero-order valence-corrected chi connectivity index (χ0v) is 15.7. The summed E-state index contributed by atoms with van der Waals surface area (Å²) in [6.45, 7) is 2.09. The molecule has 0 bridgehead atoms. The molecule has 1 amide bonds. The lowest BCUT2D eigenvalue weighted by Crippen LogP contribution is -2.12. The summed E-state index contributed by atoms with van der Waals surface area (Å²) in [5, 5.41) is 3.40. The van der Waals surface area contributed by atoms with E-state index in [0.29, 0.717) is 16.5 Å². The number of benzene rings is 2. The fourth-order valence-corrected chi connectivity index (χ4v) is 2.63. The van der Waals surface area contributed by atoms with E-state index in [4.69, 9.17) is 20.8 Å². The SMILES string of the molecule is Cc1c(Cl)cccc1NC(=O)c1ccc(COc2ccc(Br)cc2)o1. The Morgan fingerprint density at radius 2 is 1.92 bits per heavy atom. The zero-order chi connectivity index (χ0) is 17.8. The number of furan rings is 1. The Morgan fingerprint density at radius 3 is 2.68 bits per heavy atom. The Hall–Kier alpha value is -2.24. The van der Waals surface area contributed by atoms with Gasteiger partial charge < -0.3 is 14.5 Å². The van der Waals surface area contributed by atoms with E-state index in [9.17, 15) is 4.79 Å². The molecule has 0 saturated heterocycles. The van der Waals surface area contributed by atoms with E-state index in [-0.39, 0.29) is 18.3 Å². The number of rotatable bonds is 5. The first kappa shape index (κ1) is 17.6. The highest BCUT2D eigenvalue weighted by Crippen LogP contribution is 2.24. The summed E-state index contributed by atoms with van der Waals surface area (Å²) in [7, 11) is 0. The van der Waals surface area contributed by atoms with Crippen LogP contribution in [0.1, 0.15) is 21.9 Å². The van der Waals surface area contributed by atoms with Crippen LogP contribution in [0.25, 0.3) is 0 Å². The minimum Gasteiger partial charge on any atom is -0.486 e. The summed E-state index contributed by atoms with van der Waals surface area (Å²) in [4.78, 5) is 12.3. The lowest BCUT2D eigenvalue weighted by molar-refractivity contribution is 0.0992. The summed E-state index contributed by atoms with van der Waals surface area (Å²) in [6, 6.07) is 16.2. The molecule has 1 heterocycles. The molecule has 2 aromatic carbocycles. The van der Waals surface area contributed by atoms with E-state index in [1.165, 1.54) is 0 Å². The summed E-state index contributed by atoms with van der Waals surface area (Å²) >= 11 is 9.43. The predicted octanol–water partition coefficient (Wildman–Crippen LogP) is 5.84. The van der Waals surface area contributed by atoms with Gasteiger partial charge in [0.25, 0.3) is 5.91 Å². The van der Waals surface area contributed by atoms with Gasteiger partial charge in [-0.25, -0.2) is 0 Å². The van der Waals surface area contributed by atoms with Gasteiger partial charge in [-0.05, 0) is 61.0 Å². The van der Waals surface area contributed by atoms with E-state index in [1.807, 2.05) is 31.2 Å². The Bertz CT molecular complexity index is 890. The second-order valence-electron chi connectivity index (χ2n) is 5.38. The van der Waals surface area contributed by atoms with Crippen LogP contribution >= 0.6 is 27.5 Å². The molecule has 0 aliphatic rings. The van der Waals surface area contributed by atoms with Crippen molar-refractivity contribution in [2.45, 2.75) is 13.5 Å². The molecule has 0 saturated carbocycles. The van der Waals surface area contributed by atoms with E-state index >= 15 is 0 Å². The quantitative estimate of drug-likeness (QED) is 0.564. The zero-order valence-electron chi connectivity index (χ0n) is 13.4. The van der Waals surface area contributed by atoms with Crippen LogP contribution in [0.3, 0.4) is 0 Å². The van der Waals surface area contributed by atoms with Crippen molar-refractivity contribution in [3.63, 3.8) is 0 Å². The third kappa shape index (κ3) is 4.44. The third-order valence-corrected chi connectivity index (χ3v) is 4.53. The van der Waals surface area contributed by atoms with Gasteiger partial charge in [-0.15, -0.1) is 0 Å². The van der Waals surface area contributed by atoms with E-state index in [0.717, 1.165) is 15.8 Å². The van der Waals surface area contributed by atoms with Crippen molar-refractivity contribution < 1.29 is 13.9 Å². The van der Waals surface area contributed by atoms with Gasteiger partial charge in [0.1, 0.15) is 18.1 Å². The largest absolute Gasteiger partial charge is 0.486 e. The highest BCUT2D eigenvalue weighted by atomic mass is 79.9. The van der Waals surface area contributed by atoms with Crippen molar-refractivity contribution >= 4 is 39.1 Å². The van der Waals surface area contributed by atoms with Gasteiger partial charge in [-0.1, -0.05) is 33.6 Å². The Balaban J connectivity index is 1.63. The maximum absolute atomic E-state index is 12.3. The average Bonchev–Trinajstić information content (AvgIpc) is 3.08. The van der Waals surface area contributed by atoms with Gasteiger partial charge >= 0.3 is 0 Å². The van der Waals surface area contributed by atoms with Crippen molar-refractivity contribution in [1.29, 1.82) is 0 Å². The predicted molar refractivity (Wildman–Crippen MR) is 101 cm³/mol. The van der Waals surface area contributed by atoms with Crippen LogP contribution in [-0.4, -0.2) is 5.91 Å². The number of hydrogen-bond donors (Lipinski definition) is 1. The monoisotopic (exact) mass is 419 g/mol. The summed E-state index contributed by atoms with van der Waals surface area (Å²) in [5.74, 6) is 1.17. The van der Waals surface area contributed by atoms with Gasteiger partial charge in [0.15, 0.2) is 5.76 Å². The standard InChI is InChI=1S/C19H15BrClNO3/c1-12-16(21)3-2-4-17(12)22-19(23)18-10-9-15(25-18)11-24-14-7-5-13(20)6-8-14/h2-10H,11H2,1H3,(H,22,23). The van der Waals surface area contributed by atoms with Crippen molar-refractivity contribution in [3.05, 3.63) is 81.2 Å². The van der Waals surface area contributed by atoms with Crippen LogP contribution in [0.15, 0.2) is 63.5 Å². The molecule has 0 aliphatic carbocycles. The normalized spacial score (nSPS) is 10.5. The van der Waals surface area contributed by atoms with Crippen LogP contribution in [-0.2, 0) is 6.61 Å². The first-order valence-electron chi connectivity index (χ1n) is 7.56. The number of anilines is 1. The molecule has 1 aromatic heterocycles. The fourth-order valence-electron chi connectivity index (χ4n) is 2.19. The number of nitrogens with one attached hydrogen (secondary N) is 1. The van der Waals surface area contributed by atoms with Gasteiger partial charge in [0.05, 0.1) is 0 Å². The van der Waals surface area contributed by atoms with Crippen molar-refractivity contribution in [2.24, 2.45) is 0 Å². The number of carbonyl (C=O) groups excluding carboxylic acids is 1. The van der Waals surface area contributed by atoms with Crippen LogP contribution in [0, 0.1) is 6.92 Å². The second-order valence-corrected chi connectivity index (χ2v) is 6.70. The van der Waals surface area contributed by atoms with Crippen LogP contribution in [0.5, 0.6) is 5.75 Å². The molecule has 1 N–H and O–H groups in total. The molecule has 0 aliphatic heterocycles. The summed E-state index contributed by atoms with van der Waals surface area (Å²) in [6.07, 6.45) is 0. The number of hydrogen-bond acceptors (Lipinski definition) is 3. The van der Waals surface area contributed by atoms with Gasteiger partial charge in [-0.3, -0.25) is 4.79 Å².